The van der Waals surface area contributed by atoms with Gasteiger partial charge in [-0.2, -0.15) is 11.8 Å². The van der Waals surface area contributed by atoms with E-state index in [-0.39, 0.29) is 0 Å². The number of thioether (sulfide) groups is 1. The lowest BCUT2D eigenvalue weighted by Crippen LogP contribution is -2.28. The molecular formula is C14H24N2S2. The zero-order chi connectivity index (χ0) is 13.0. The first kappa shape index (κ1) is 14.4. The van der Waals surface area contributed by atoms with Crippen LogP contribution in [0, 0.1) is 0 Å². The van der Waals surface area contributed by atoms with Crippen LogP contribution in [0.25, 0.3) is 0 Å². The number of rotatable bonds is 6. The summed E-state index contributed by atoms with van der Waals surface area (Å²) < 4.78 is 0. The summed E-state index contributed by atoms with van der Waals surface area (Å²) in [7, 11) is 0. The molecule has 1 aliphatic rings. The Bertz CT molecular complexity index is 350. The van der Waals surface area contributed by atoms with Gasteiger partial charge in [0.15, 0.2) is 0 Å². The normalized spacial score (nSPS) is 16.9. The summed E-state index contributed by atoms with van der Waals surface area (Å²) in [6.45, 7) is 4.44. The van der Waals surface area contributed by atoms with Gasteiger partial charge in [0.1, 0.15) is 5.01 Å². The van der Waals surface area contributed by atoms with E-state index in [1.807, 2.05) is 23.1 Å². The van der Waals surface area contributed by atoms with Crippen LogP contribution in [0.3, 0.4) is 0 Å². The maximum atomic E-state index is 4.90. The van der Waals surface area contributed by atoms with E-state index in [2.05, 4.69) is 25.4 Å². The van der Waals surface area contributed by atoms with Crippen molar-refractivity contribution in [3.8, 4) is 0 Å². The molecule has 1 atom stereocenters. The number of hydrogen-bond acceptors (Lipinski definition) is 4. The molecule has 0 spiro atoms. The van der Waals surface area contributed by atoms with Crippen molar-refractivity contribution < 1.29 is 0 Å². The number of hydrogen-bond donors (Lipinski definition) is 1. The standard InChI is InChI=1S/C14H24N2S2/c1-10(2)15-12(8-9-17-3)14-16-11-6-4-5-7-13(11)18-14/h10,12,15H,4-9H2,1-3H3. The second kappa shape index (κ2) is 6.92. The van der Waals surface area contributed by atoms with Crippen LogP contribution in [0.15, 0.2) is 0 Å². The van der Waals surface area contributed by atoms with Crippen molar-refractivity contribution in [2.24, 2.45) is 0 Å². The Hall–Kier alpha value is -0.0600. The molecular weight excluding hydrogens is 260 g/mol. The second-order valence-electron chi connectivity index (χ2n) is 5.28. The van der Waals surface area contributed by atoms with Gasteiger partial charge in [0.25, 0.3) is 0 Å². The van der Waals surface area contributed by atoms with E-state index in [1.54, 1.807) is 4.88 Å². The third-order valence-electron chi connectivity index (χ3n) is 3.31. The fourth-order valence-electron chi connectivity index (χ4n) is 2.44. The SMILES string of the molecule is CSCCC(NC(C)C)c1nc2c(s1)CCCC2. The van der Waals surface area contributed by atoms with Gasteiger partial charge in [-0.25, -0.2) is 4.98 Å². The van der Waals surface area contributed by atoms with Gasteiger partial charge < -0.3 is 5.32 Å². The van der Waals surface area contributed by atoms with Crippen LogP contribution in [0.1, 0.15) is 54.7 Å². The highest BCUT2D eigenvalue weighted by Crippen LogP contribution is 2.31. The Morgan fingerprint density at radius 1 is 1.33 bits per heavy atom. The van der Waals surface area contributed by atoms with Gasteiger partial charge in [-0.1, -0.05) is 13.8 Å². The predicted octanol–water partition coefficient (Wildman–Crippen LogP) is 3.81. The van der Waals surface area contributed by atoms with Crippen LogP contribution in [-0.2, 0) is 12.8 Å². The van der Waals surface area contributed by atoms with E-state index in [1.165, 1.54) is 48.6 Å². The van der Waals surface area contributed by atoms with Crippen molar-refractivity contribution in [1.29, 1.82) is 0 Å². The van der Waals surface area contributed by atoms with Crippen molar-refractivity contribution in [2.75, 3.05) is 12.0 Å². The largest absolute Gasteiger partial charge is 0.306 e. The van der Waals surface area contributed by atoms with E-state index in [4.69, 9.17) is 4.98 Å². The Morgan fingerprint density at radius 2 is 2.11 bits per heavy atom. The summed E-state index contributed by atoms with van der Waals surface area (Å²) in [5.74, 6) is 1.20. The smallest absolute Gasteiger partial charge is 0.110 e. The van der Waals surface area contributed by atoms with Gasteiger partial charge in [0.2, 0.25) is 0 Å². The number of nitrogens with one attached hydrogen (secondary N) is 1. The first-order valence-corrected chi connectivity index (χ1v) is 9.15. The molecule has 0 aromatic carbocycles. The molecule has 0 saturated heterocycles. The highest BCUT2D eigenvalue weighted by molar-refractivity contribution is 7.98. The minimum absolute atomic E-state index is 0.452. The molecule has 102 valence electrons. The molecule has 2 nitrogen and oxygen atoms in total. The fourth-order valence-corrected chi connectivity index (χ4v) is 4.16. The Balaban J connectivity index is 2.10. The van der Waals surface area contributed by atoms with Crippen molar-refractivity contribution in [2.45, 2.75) is 58.0 Å². The number of aryl methyl sites for hydroxylation is 2. The molecule has 0 fully saturated rings. The molecule has 1 heterocycles. The van der Waals surface area contributed by atoms with Gasteiger partial charge >= 0.3 is 0 Å². The molecule has 1 aliphatic carbocycles. The molecule has 0 radical (unpaired) electrons. The van der Waals surface area contributed by atoms with Crippen molar-refractivity contribution in [1.82, 2.24) is 10.3 Å². The molecule has 0 amide bonds. The van der Waals surface area contributed by atoms with Crippen LogP contribution < -0.4 is 5.32 Å². The molecule has 18 heavy (non-hydrogen) atoms. The zero-order valence-corrected chi connectivity index (χ0v) is 13.3. The summed E-state index contributed by atoms with van der Waals surface area (Å²) in [4.78, 5) is 6.46. The number of thiazole rings is 1. The molecule has 0 bridgehead atoms. The summed E-state index contributed by atoms with van der Waals surface area (Å²) in [6.07, 6.45) is 8.49. The number of aromatic nitrogens is 1. The summed E-state index contributed by atoms with van der Waals surface area (Å²) in [5.41, 5.74) is 1.39. The maximum absolute atomic E-state index is 4.90. The van der Waals surface area contributed by atoms with Crippen LogP contribution >= 0.6 is 23.1 Å². The number of nitrogens with zero attached hydrogens (tertiary/aromatic N) is 1. The molecule has 1 unspecified atom stereocenters. The highest BCUT2D eigenvalue weighted by atomic mass is 32.2. The van der Waals surface area contributed by atoms with E-state index >= 15 is 0 Å². The molecule has 0 aliphatic heterocycles. The minimum Gasteiger partial charge on any atom is -0.306 e. The average Bonchev–Trinajstić information content (AvgIpc) is 2.77. The van der Waals surface area contributed by atoms with E-state index in [0.717, 1.165) is 0 Å². The molecule has 1 aromatic rings. The molecule has 0 saturated carbocycles. The van der Waals surface area contributed by atoms with Gasteiger partial charge in [-0.05, 0) is 44.1 Å². The lowest BCUT2D eigenvalue weighted by atomic mass is 10.0. The average molecular weight is 284 g/mol. The Kier molecular flexibility index (Phi) is 5.52. The van der Waals surface area contributed by atoms with Crippen molar-refractivity contribution >= 4 is 23.1 Å². The maximum Gasteiger partial charge on any atom is 0.110 e. The Labute approximate surface area is 119 Å². The molecule has 1 aromatic heterocycles. The van der Waals surface area contributed by atoms with Crippen LogP contribution in [0.4, 0.5) is 0 Å². The van der Waals surface area contributed by atoms with E-state index in [0.29, 0.717) is 12.1 Å². The van der Waals surface area contributed by atoms with Crippen LogP contribution in [0.5, 0.6) is 0 Å². The molecule has 4 heteroatoms. The first-order valence-electron chi connectivity index (χ1n) is 6.94. The van der Waals surface area contributed by atoms with Crippen molar-refractivity contribution in [3.63, 3.8) is 0 Å². The topological polar surface area (TPSA) is 24.9 Å². The summed E-state index contributed by atoms with van der Waals surface area (Å²) in [5, 5.41) is 5.00. The van der Waals surface area contributed by atoms with E-state index in [9.17, 15) is 0 Å². The lowest BCUT2D eigenvalue weighted by Gasteiger charge is -2.18. The summed E-state index contributed by atoms with van der Waals surface area (Å²) >= 11 is 3.88. The van der Waals surface area contributed by atoms with Crippen LogP contribution in [-0.4, -0.2) is 23.0 Å². The summed E-state index contributed by atoms with van der Waals surface area (Å²) in [6, 6.07) is 0.978. The monoisotopic (exact) mass is 284 g/mol. The zero-order valence-electron chi connectivity index (χ0n) is 11.7. The molecule has 1 N–H and O–H groups in total. The van der Waals surface area contributed by atoms with Crippen LogP contribution in [0.2, 0.25) is 0 Å². The Morgan fingerprint density at radius 3 is 2.78 bits per heavy atom. The third-order valence-corrected chi connectivity index (χ3v) is 5.22. The van der Waals surface area contributed by atoms with Gasteiger partial charge in [-0.15, -0.1) is 11.3 Å². The lowest BCUT2D eigenvalue weighted by molar-refractivity contribution is 0.466. The quantitative estimate of drug-likeness (QED) is 0.860. The minimum atomic E-state index is 0.452. The number of fused-ring (bicyclic) bond motifs is 1. The highest BCUT2D eigenvalue weighted by Gasteiger charge is 2.21. The van der Waals surface area contributed by atoms with E-state index < -0.39 is 0 Å². The van der Waals surface area contributed by atoms with Gasteiger partial charge in [-0.3, -0.25) is 0 Å². The first-order chi connectivity index (χ1) is 8.70. The second-order valence-corrected chi connectivity index (χ2v) is 7.39. The molecule has 2 rings (SSSR count). The van der Waals surface area contributed by atoms with Gasteiger partial charge in [0.05, 0.1) is 11.7 Å². The van der Waals surface area contributed by atoms with Crippen molar-refractivity contribution in [3.05, 3.63) is 15.6 Å². The van der Waals surface area contributed by atoms with Gasteiger partial charge in [0, 0.05) is 10.9 Å². The third kappa shape index (κ3) is 3.72. The predicted molar refractivity (Wildman–Crippen MR) is 82.8 cm³/mol. The fraction of sp³-hybridized carbons (Fsp3) is 0.786.